The molecule has 0 bridgehead atoms. The number of hydrogen-bond donors (Lipinski definition) is 2. The van der Waals surface area contributed by atoms with Crippen LogP contribution < -0.4 is 15.4 Å². The molecule has 7 nitrogen and oxygen atoms in total. The fraction of sp³-hybridized carbons (Fsp3) is 0.320. The summed E-state index contributed by atoms with van der Waals surface area (Å²) in [5, 5.41) is 17.4. The molecule has 2 aromatic carbocycles. The molecule has 1 aromatic heterocycles. The fourth-order valence-electron chi connectivity index (χ4n) is 4.17. The lowest BCUT2D eigenvalue weighted by atomic mass is 10.0. The first kappa shape index (κ1) is 22.8. The Hall–Kier alpha value is -3.34. The Bertz CT molecular complexity index is 1220. The quantitative estimate of drug-likeness (QED) is 0.569. The Morgan fingerprint density at radius 2 is 2.09 bits per heavy atom. The summed E-state index contributed by atoms with van der Waals surface area (Å²) in [4.78, 5) is 19.9. The number of nitrogens with one attached hydrogen (secondary N) is 2. The fourth-order valence-corrected chi connectivity index (χ4v) is 4.46. The number of benzene rings is 2. The normalized spacial score (nSPS) is 14.0. The Morgan fingerprint density at radius 1 is 1.30 bits per heavy atom. The molecule has 1 saturated heterocycles. The first-order chi connectivity index (χ1) is 16.0. The summed E-state index contributed by atoms with van der Waals surface area (Å²) in [7, 11) is 3.42. The molecule has 1 aliphatic rings. The summed E-state index contributed by atoms with van der Waals surface area (Å²) >= 11 is 6.29. The standard InChI is InChI=1S/C25H26ClN5O2/c1-31(18-7-9-28-10-8-18)25(32)20-15-29-22-5-3-16(13-27)11-19(22)24(20)30-14-17-4-6-23(33-2)21(26)12-17/h3-6,11-12,15,18,28H,7-10,14H2,1-2H3,(H,29,30). The summed E-state index contributed by atoms with van der Waals surface area (Å²) in [6.07, 6.45) is 3.45. The minimum Gasteiger partial charge on any atom is -0.495 e. The second kappa shape index (κ2) is 10.1. The lowest BCUT2D eigenvalue weighted by Gasteiger charge is -2.32. The first-order valence-electron chi connectivity index (χ1n) is 10.9. The van der Waals surface area contributed by atoms with E-state index in [4.69, 9.17) is 16.3 Å². The molecule has 1 aliphatic heterocycles. The van der Waals surface area contributed by atoms with Crippen LogP contribution in [0.5, 0.6) is 5.75 Å². The van der Waals surface area contributed by atoms with Gasteiger partial charge in [-0.3, -0.25) is 9.78 Å². The van der Waals surface area contributed by atoms with Gasteiger partial charge in [-0.25, -0.2) is 0 Å². The van der Waals surface area contributed by atoms with E-state index in [-0.39, 0.29) is 11.9 Å². The van der Waals surface area contributed by atoms with Gasteiger partial charge in [0.25, 0.3) is 5.91 Å². The molecule has 4 rings (SSSR count). The molecule has 2 heterocycles. The van der Waals surface area contributed by atoms with Gasteiger partial charge in [-0.15, -0.1) is 0 Å². The van der Waals surface area contributed by atoms with Crippen molar-refractivity contribution in [2.24, 2.45) is 0 Å². The zero-order valence-corrected chi connectivity index (χ0v) is 19.4. The van der Waals surface area contributed by atoms with Gasteiger partial charge >= 0.3 is 0 Å². The average molecular weight is 464 g/mol. The number of nitriles is 1. The third-order valence-corrected chi connectivity index (χ3v) is 6.39. The van der Waals surface area contributed by atoms with Crippen molar-refractivity contribution < 1.29 is 9.53 Å². The molecule has 1 fully saturated rings. The van der Waals surface area contributed by atoms with E-state index in [2.05, 4.69) is 21.7 Å². The van der Waals surface area contributed by atoms with E-state index < -0.39 is 0 Å². The van der Waals surface area contributed by atoms with Crippen molar-refractivity contribution in [3.63, 3.8) is 0 Å². The molecule has 2 N–H and O–H groups in total. The van der Waals surface area contributed by atoms with E-state index in [1.165, 1.54) is 0 Å². The number of carbonyl (C=O) groups excluding carboxylic acids is 1. The molecule has 0 atom stereocenters. The van der Waals surface area contributed by atoms with Crippen LogP contribution in [0.3, 0.4) is 0 Å². The number of pyridine rings is 1. The lowest BCUT2D eigenvalue weighted by molar-refractivity contribution is 0.0704. The van der Waals surface area contributed by atoms with Crippen LogP contribution in [0.25, 0.3) is 10.9 Å². The number of carbonyl (C=O) groups is 1. The number of hydrogen-bond acceptors (Lipinski definition) is 6. The van der Waals surface area contributed by atoms with Crippen LogP contribution in [0.15, 0.2) is 42.6 Å². The van der Waals surface area contributed by atoms with Gasteiger partial charge in [-0.2, -0.15) is 5.26 Å². The van der Waals surface area contributed by atoms with Gasteiger partial charge in [0.05, 0.1) is 40.5 Å². The zero-order chi connectivity index (χ0) is 23.4. The average Bonchev–Trinajstić information content (AvgIpc) is 2.86. The number of halogens is 1. The van der Waals surface area contributed by atoms with Crippen LogP contribution in [0.2, 0.25) is 5.02 Å². The molecule has 0 radical (unpaired) electrons. The number of fused-ring (bicyclic) bond motifs is 1. The van der Waals surface area contributed by atoms with Crippen LogP contribution in [-0.4, -0.2) is 49.1 Å². The summed E-state index contributed by atoms with van der Waals surface area (Å²) in [6, 6.07) is 13.2. The molecule has 0 saturated carbocycles. The van der Waals surface area contributed by atoms with E-state index in [1.807, 2.05) is 30.1 Å². The van der Waals surface area contributed by atoms with Crippen LogP contribution in [-0.2, 0) is 6.54 Å². The monoisotopic (exact) mass is 463 g/mol. The zero-order valence-electron chi connectivity index (χ0n) is 18.7. The minimum absolute atomic E-state index is 0.0890. The van der Waals surface area contributed by atoms with Crippen LogP contribution in [0.4, 0.5) is 5.69 Å². The van der Waals surface area contributed by atoms with Crippen molar-refractivity contribution in [1.82, 2.24) is 15.2 Å². The van der Waals surface area contributed by atoms with E-state index in [0.29, 0.717) is 39.6 Å². The van der Waals surface area contributed by atoms with E-state index >= 15 is 0 Å². The number of rotatable bonds is 6. The summed E-state index contributed by atoms with van der Waals surface area (Å²) in [5.74, 6) is 0.516. The predicted molar refractivity (Wildman–Crippen MR) is 130 cm³/mol. The van der Waals surface area contributed by atoms with E-state index in [9.17, 15) is 10.1 Å². The second-order valence-electron chi connectivity index (χ2n) is 8.11. The molecular formula is C25H26ClN5O2. The number of piperidine rings is 1. The molecule has 0 aliphatic carbocycles. The van der Waals surface area contributed by atoms with Crippen LogP contribution in [0.1, 0.15) is 34.3 Å². The van der Waals surface area contributed by atoms with Crippen molar-refractivity contribution in [2.75, 3.05) is 32.6 Å². The largest absolute Gasteiger partial charge is 0.495 e. The van der Waals surface area contributed by atoms with Crippen molar-refractivity contribution >= 4 is 34.1 Å². The first-order valence-corrected chi connectivity index (χ1v) is 11.3. The third kappa shape index (κ3) is 4.87. The molecule has 170 valence electrons. The van der Waals surface area contributed by atoms with Crippen molar-refractivity contribution in [3.8, 4) is 11.8 Å². The summed E-state index contributed by atoms with van der Waals surface area (Å²) in [6.45, 7) is 2.23. The summed E-state index contributed by atoms with van der Waals surface area (Å²) in [5.41, 5.74) is 3.31. The predicted octanol–water partition coefficient (Wildman–Crippen LogP) is 4.20. The maximum Gasteiger partial charge on any atom is 0.257 e. The number of aromatic nitrogens is 1. The number of nitrogens with zero attached hydrogens (tertiary/aromatic N) is 3. The molecule has 1 amide bonds. The van der Waals surface area contributed by atoms with Gasteiger partial charge in [-0.1, -0.05) is 17.7 Å². The minimum atomic E-state index is -0.0890. The smallest absolute Gasteiger partial charge is 0.257 e. The number of methoxy groups -OCH3 is 1. The Balaban J connectivity index is 1.71. The highest BCUT2D eigenvalue weighted by Gasteiger charge is 2.26. The summed E-state index contributed by atoms with van der Waals surface area (Å²) < 4.78 is 5.23. The Morgan fingerprint density at radius 3 is 2.79 bits per heavy atom. The van der Waals surface area contributed by atoms with Crippen molar-refractivity contribution in [1.29, 1.82) is 5.26 Å². The van der Waals surface area contributed by atoms with Crippen molar-refractivity contribution in [2.45, 2.75) is 25.4 Å². The van der Waals surface area contributed by atoms with E-state index in [1.54, 1.807) is 31.5 Å². The Kier molecular flexibility index (Phi) is 6.97. The maximum atomic E-state index is 13.5. The highest BCUT2D eigenvalue weighted by atomic mass is 35.5. The van der Waals surface area contributed by atoms with Crippen molar-refractivity contribution in [3.05, 3.63) is 64.3 Å². The van der Waals surface area contributed by atoms with Crippen LogP contribution in [0, 0.1) is 11.3 Å². The highest BCUT2D eigenvalue weighted by Crippen LogP contribution is 2.30. The topological polar surface area (TPSA) is 90.3 Å². The third-order valence-electron chi connectivity index (χ3n) is 6.09. The lowest BCUT2D eigenvalue weighted by Crippen LogP contribution is -2.44. The van der Waals surface area contributed by atoms with E-state index in [0.717, 1.165) is 36.9 Å². The van der Waals surface area contributed by atoms with Gasteiger partial charge < -0.3 is 20.3 Å². The molecule has 0 unspecified atom stereocenters. The highest BCUT2D eigenvalue weighted by molar-refractivity contribution is 6.32. The van der Waals surface area contributed by atoms with Gasteiger partial charge in [0.2, 0.25) is 0 Å². The molecule has 8 heteroatoms. The molecule has 3 aromatic rings. The number of anilines is 1. The molecule has 0 spiro atoms. The van der Waals surface area contributed by atoms with Crippen LogP contribution >= 0.6 is 11.6 Å². The van der Waals surface area contributed by atoms with Gasteiger partial charge in [0, 0.05) is 31.2 Å². The van der Waals surface area contributed by atoms with Gasteiger partial charge in [0.1, 0.15) is 5.75 Å². The molecular weight excluding hydrogens is 438 g/mol. The van der Waals surface area contributed by atoms with Gasteiger partial charge in [0.15, 0.2) is 0 Å². The number of amides is 1. The second-order valence-corrected chi connectivity index (χ2v) is 8.52. The Labute approximate surface area is 198 Å². The SMILES string of the molecule is COc1ccc(CNc2c(C(=O)N(C)C3CCNCC3)cnc3ccc(C#N)cc23)cc1Cl. The molecule has 33 heavy (non-hydrogen) atoms. The van der Waals surface area contributed by atoms with Gasteiger partial charge in [-0.05, 0) is 61.8 Å². The maximum absolute atomic E-state index is 13.5. The number of ether oxygens (including phenoxy) is 1.